The van der Waals surface area contributed by atoms with Crippen molar-refractivity contribution in [2.75, 3.05) is 19.7 Å². The van der Waals surface area contributed by atoms with Crippen molar-refractivity contribution < 1.29 is 14.0 Å². The molecule has 0 unspecified atom stereocenters. The Morgan fingerprint density at radius 2 is 2.31 bits per heavy atom. The third kappa shape index (κ3) is 3.82. The smallest absolute Gasteiger partial charge is 0.138 e. The number of hydrogen-bond acceptors (Lipinski definition) is 6. The van der Waals surface area contributed by atoms with E-state index in [0.717, 1.165) is 55.9 Å². The van der Waals surface area contributed by atoms with Gasteiger partial charge in [-0.15, -0.1) is 0 Å². The zero-order valence-corrected chi connectivity index (χ0v) is 15.6. The summed E-state index contributed by atoms with van der Waals surface area (Å²) >= 11 is 0. The third-order valence-corrected chi connectivity index (χ3v) is 5.57. The summed E-state index contributed by atoms with van der Waals surface area (Å²) in [6.45, 7) is 8.21. The van der Waals surface area contributed by atoms with E-state index in [2.05, 4.69) is 15.0 Å². The Morgan fingerprint density at radius 3 is 3.08 bits per heavy atom. The first-order valence-electron chi connectivity index (χ1n) is 9.42. The van der Waals surface area contributed by atoms with Crippen molar-refractivity contribution in [3.8, 4) is 0 Å². The van der Waals surface area contributed by atoms with Crippen LogP contribution in [0.5, 0.6) is 0 Å². The fourth-order valence-electron chi connectivity index (χ4n) is 4.17. The molecule has 2 aliphatic heterocycles. The number of piperidine rings is 1. The van der Waals surface area contributed by atoms with Crippen molar-refractivity contribution in [2.45, 2.75) is 58.0 Å². The average molecular weight is 357 g/mol. The molecule has 0 radical (unpaired) electrons. The standard InChI is InChI=1S/C20H27N3O3/c1-15-19(16(2)26-22-15)11-23-8-4-6-20(14-23)9-18(13-25-20)24-12-17-5-3-7-21-10-17/h3,5,7,10,18H,4,6,8-9,11-14H2,1-2H3/t18-,20-/m0/s1. The van der Waals surface area contributed by atoms with Gasteiger partial charge in [0.15, 0.2) is 0 Å². The zero-order valence-electron chi connectivity index (χ0n) is 15.6. The van der Waals surface area contributed by atoms with Crippen molar-refractivity contribution in [1.29, 1.82) is 0 Å². The van der Waals surface area contributed by atoms with Crippen LogP contribution < -0.4 is 0 Å². The molecule has 0 aromatic carbocycles. The number of rotatable bonds is 5. The highest BCUT2D eigenvalue weighted by Gasteiger charge is 2.44. The van der Waals surface area contributed by atoms with E-state index in [1.165, 1.54) is 5.56 Å². The van der Waals surface area contributed by atoms with Crippen molar-refractivity contribution >= 4 is 0 Å². The van der Waals surface area contributed by atoms with Gasteiger partial charge in [0, 0.05) is 37.5 Å². The molecule has 140 valence electrons. The highest BCUT2D eigenvalue weighted by atomic mass is 16.6. The molecule has 2 aromatic heterocycles. The molecule has 2 fully saturated rings. The molecular formula is C20H27N3O3. The van der Waals surface area contributed by atoms with Gasteiger partial charge in [-0.1, -0.05) is 11.2 Å². The second-order valence-electron chi connectivity index (χ2n) is 7.61. The van der Waals surface area contributed by atoms with Crippen molar-refractivity contribution in [3.63, 3.8) is 0 Å². The molecule has 2 aromatic rings. The van der Waals surface area contributed by atoms with Crippen LogP contribution in [0.15, 0.2) is 29.0 Å². The normalized spacial score (nSPS) is 26.6. The van der Waals surface area contributed by atoms with Gasteiger partial charge < -0.3 is 14.0 Å². The average Bonchev–Trinajstić information content (AvgIpc) is 3.19. The second kappa shape index (κ2) is 7.47. The number of ether oxygens (including phenoxy) is 2. The van der Waals surface area contributed by atoms with Crippen LogP contribution in [0.4, 0.5) is 0 Å². The Kier molecular flexibility index (Phi) is 5.07. The van der Waals surface area contributed by atoms with E-state index in [-0.39, 0.29) is 11.7 Å². The predicted molar refractivity (Wildman–Crippen MR) is 96.6 cm³/mol. The van der Waals surface area contributed by atoms with E-state index >= 15 is 0 Å². The number of hydrogen-bond donors (Lipinski definition) is 0. The number of aryl methyl sites for hydroxylation is 2. The molecule has 4 rings (SSSR count). The maximum atomic E-state index is 6.27. The van der Waals surface area contributed by atoms with E-state index < -0.39 is 0 Å². The van der Waals surface area contributed by atoms with E-state index in [1.54, 1.807) is 6.20 Å². The summed E-state index contributed by atoms with van der Waals surface area (Å²) in [7, 11) is 0. The molecule has 4 heterocycles. The first-order valence-corrected chi connectivity index (χ1v) is 9.42. The molecule has 0 bridgehead atoms. The van der Waals surface area contributed by atoms with Gasteiger partial charge in [-0.25, -0.2) is 0 Å². The molecule has 2 saturated heterocycles. The summed E-state index contributed by atoms with van der Waals surface area (Å²) in [6.07, 6.45) is 7.03. The van der Waals surface area contributed by atoms with Gasteiger partial charge in [-0.2, -0.15) is 0 Å². The van der Waals surface area contributed by atoms with Gasteiger partial charge in [-0.05, 0) is 44.9 Å². The van der Waals surface area contributed by atoms with Crippen molar-refractivity contribution in [1.82, 2.24) is 15.0 Å². The van der Waals surface area contributed by atoms with Gasteiger partial charge in [0.2, 0.25) is 0 Å². The molecular weight excluding hydrogens is 330 g/mol. The number of pyridine rings is 1. The molecule has 1 spiro atoms. The summed E-state index contributed by atoms with van der Waals surface area (Å²) in [6, 6.07) is 3.99. The highest BCUT2D eigenvalue weighted by Crippen LogP contribution is 2.36. The minimum absolute atomic E-state index is 0.0726. The van der Waals surface area contributed by atoms with Gasteiger partial charge in [0.1, 0.15) is 5.76 Å². The van der Waals surface area contributed by atoms with Crippen LogP contribution in [0.25, 0.3) is 0 Å². The molecule has 0 amide bonds. The van der Waals surface area contributed by atoms with E-state index in [4.69, 9.17) is 14.0 Å². The van der Waals surface area contributed by atoms with Crippen molar-refractivity contribution in [2.24, 2.45) is 0 Å². The Morgan fingerprint density at radius 1 is 1.38 bits per heavy atom. The van der Waals surface area contributed by atoms with Crippen LogP contribution in [0.3, 0.4) is 0 Å². The third-order valence-electron chi connectivity index (χ3n) is 5.57. The summed E-state index contributed by atoms with van der Waals surface area (Å²) in [4.78, 5) is 6.61. The van der Waals surface area contributed by atoms with Crippen LogP contribution >= 0.6 is 0 Å². The van der Waals surface area contributed by atoms with Gasteiger partial charge >= 0.3 is 0 Å². The van der Waals surface area contributed by atoms with E-state index in [0.29, 0.717) is 13.2 Å². The van der Waals surface area contributed by atoms with Gasteiger partial charge in [0.25, 0.3) is 0 Å². The molecule has 0 aliphatic carbocycles. The Labute approximate surface area is 154 Å². The summed E-state index contributed by atoms with van der Waals surface area (Å²) < 4.78 is 17.7. The van der Waals surface area contributed by atoms with Crippen molar-refractivity contribution in [3.05, 3.63) is 47.1 Å². The number of likely N-dealkylation sites (tertiary alicyclic amines) is 1. The van der Waals surface area contributed by atoms with E-state index in [1.807, 2.05) is 32.2 Å². The SMILES string of the molecule is Cc1noc(C)c1CN1CCC[C@]2(C[C@H](OCc3cccnc3)CO2)C1. The maximum absolute atomic E-state index is 6.27. The maximum Gasteiger partial charge on any atom is 0.138 e. The summed E-state index contributed by atoms with van der Waals surface area (Å²) in [5, 5.41) is 4.08. The molecule has 2 aliphatic rings. The van der Waals surface area contributed by atoms with Crippen LogP contribution in [0.2, 0.25) is 0 Å². The summed E-state index contributed by atoms with van der Waals surface area (Å²) in [5.74, 6) is 0.923. The zero-order chi connectivity index (χ0) is 18.0. The van der Waals surface area contributed by atoms with Crippen LogP contribution in [0.1, 0.15) is 41.8 Å². The fraction of sp³-hybridized carbons (Fsp3) is 0.600. The molecule has 6 heteroatoms. The molecule has 6 nitrogen and oxygen atoms in total. The second-order valence-corrected chi connectivity index (χ2v) is 7.61. The monoisotopic (exact) mass is 357 g/mol. The van der Waals surface area contributed by atoms with Gasteiger partial charge in [-0.3, -0.25) is 9.88 Å². The Bertz CT molecular complexity index is 714. The quantitative estimate of drug-likeness (QED) is 0.820. The van der Waals surface area contributed by atoms with Gasteiger partial charge in [0.05, 0.1) is 30.6 Å². The molecule has 2 atom stereocenters. The first-order chi connectivity index (χ1) is 12.6. The Hall–Kier alpha value is -1.76. The lowest BCUT2D eigenvalue weighted by atomic mass is 9.89. The van der Waals surface area contributed by atoms with Crippen LogP contribution in [-0.2, 0) is 22.6 Å². The molecule has 26 heavy (non-hydrogen) atoms. The molecule has 0 saturated carbocycles. The lowest BCUT2D eigenvalue weighted by Gasteiger charge is -2.39. The lowest BCUT2D eigenvalue weighted by Crippen LogP contribution is -2.47. The summed E-state index contributed by atoms with van der Waals surface area (Å²) in [5.41, 5.74) is 3.24. The number of nitrogens with zero attached hydrogens (tertiary/aromatic N) is 3. The number of aromatic nitrogens is 2. The lowest BCUT2D eigenvalue weighted by molar-refractivity contribution is -0.0549. The van der Waals surface area contributed by atoms with Crippen LogP contribution in [-0.4, -0.2) is 46.4 Å². The minimum atomic E-state index is -0.0726. The minimum Gasteiger partial charge on any atom is -0.371 e. The Balaban J connectivity index is 1.34. The van der Waals surface area contributed by atoms with E-state index in [9.17, 15) is 0 Å². The highest BCUT2D eigenvalue weighted by molar-refractivity contribution is 5.20. The topological polar surface area (TPSA) is 60.6 Å². The largest absolute Gasteiger partial charge is 0.371 e. The predicted octanol–water partition coefficient (Wildman–Crippen LogP) is 3.03. The fourth-order valence-corrected chi connectivity index (χ4v) is 4.17. The van der Waals surface area contributed by atoms with Crippen LogP contribution in [0, 0.1) is 13.8 Å². The molecule has 0 N–H and O–H groups in total. The first kappa shape index (κ1) is 17.6.